The predicted molar refractivity (Wildman–Crippen MR) is 103 cm³/mol. The Hall–Kier alpha value is -2.15. The molecule has 0 saturated carbocycles. The first-order valence-electron chi connectivity index (χ1n) is 9.52. The van der Waals surface area contributed by atoms with E-state index in [0.29, 0.717) is 19.0 Å². The first kappa shape index (κ1) is 18.6. The minimum absolute atomic E-state index is 0.102. The van der Waals surface area contributed by atoms with Crippen molar-refractivity contribution in [2.75, 3.05) is 19.6 Å². The van der Waals surface area contributed by atoms with E-state index in [-0.39, 0.29) is 11.9 Å². The molecule has 1 aliphatic heterocycles. The number of nitrogens with zero attached hydrogens (tertiary/aromatic N) is 5. The number of fused-ring (bicyclic) bond motifs is 1. The lowest BCUT2D eigenvalue weighted by Crippen LogP contribution is -2.44. The van der Waals surface area contributed by atoms with Crippen molar-refractivity contribution in [2.24, 2.45) is 0 Å². The van der Waals surface area contributed by atoms with Gasteiger partial charge in [0.15, 0.2) is 0 Å². The number of amides is 1. The summed E-state index contributed by atoms with van der Waals surface area (Å²) < 4.78 is 3.90. The predicted octanol–water partition coefficient (Wildman–Crippen LogP) is 2.28. The van der Waals surface area contributed by atoms with Crippen molar-refractivity contribution in [1.29, 1.82) is 0 Å². The molecule has 1 saturated heterocycles. The van der Waals surface area contributed by atoms with Crippen molar-refractivity contribution in [3.63, 3.8) is 0 Å². The van der Waals surface area contributed by atoms with E-state index in [4.69, 9.17) is 0 Å². The summed E-state index contributed by atoms with van der Waals surface area (Å²) in [6.07, 6.45) is 6.24. The molecule has 1 aliphatic rings. The Kier molecular flexibility index (Phi) is 5.76. The van der Waals surface area contributed by atoms with Crippen molar-refractivity contribution < 1.29 is 4.79 Å². The maximum atomic E-state index is 12.3. The van der Waals surface area contributed by atoms with Gasteiger partial charge >= 0.3 is 0 Å². The van der Waals surface area contributed by atoms with Gasteiger partial charge < -0.3 is 5.32 Å². The van der Waals surface area contributed by atoms with Crippen LogP contribution in [0.4, 0.5) is 0 Å². The summed E-state index contributed by atoms with van der Waals surface area (Å²) in [5, 5.41) is 12.2. The number of hydrogen-bond acceptors (Lipinski definition) is 4. The van der Waals surface area contributed by atoms with Crippen LogP contribution in [0.15, 0.2) is 18.9 Å². The van der Waals surface area contributed by atoms with Gasteiger partial charge in [0.1, 0.15) is 11.0 Å². The first-order chi connectivity index (χ1) is 12.5. The van der Waals surface area contributed by atoms with Gasteiger partial charge in [0.05, 0.1) is 18.4 Å². The van der Waals surface area contributed by atoms with Crippen LogP contribution in [0.3, 0.4) is 0 Å². The molecule has 2 aromatic heterocycles. The number of aromatic nitrogens is 4. The molecule has 7 nitrogen and oxygen atoms in total. The molecule has 1 fully saturated rings. The van der Waals surface area contributed by atoms with Crippen LogP contribution in [-0.4, -0.2) is 56.0 Å². The van der Waals surface area contributed by atoms with E-state index in [0.717, 1.165) is 49.2 Å². The Morgan fingerprint density at radius 2 is 2.15 bits per heavy atom. The average Bonchev–Trinajstić information content (AvgIpc) is 3.16. The first-order valence-corrected chi connectivity index (χ1v) is 9.52. The molecule has 0 atom stereocenters. The number of nitrogens with one attached hydrogen (secondary N) is 1. The summed E-state index contributed by atoms with van der Waals surface area (Å²) in [6, 6.07) is 0.575. The van der Waals surface area contributed by atoms with Gasteiger partial charge in [-0.05, 0) is 33.6 Å². The Morgan fingerprint density at radius 3 is 2.81 bits per heavy atom. The van der Waals surface area contributed by atoms with Crippen molar-refractivity contribution in [3.8, 4) is 0 Å². The third kappa shape index (κ3) is 3.98. The standard InChI is InChI=1S/C19H30N6O/c1-5-9-23-10-6-16(7-11-23)21-18(26)8-12-24-19-15(4)22-25(14(2)3)17(19)13-20-24/h5,13-14,16H,1,6-12H2,2-4H3,(H,21,26). The summed E-state index contributed by atoms with van der Waals surface area (Å²) in [6.45, 7) is 13.5. The second-order valence-electron chi connectivity index (χ2n) is 7.41. The van der Waals surface area contributed by atoms with Gasteiger partial charge in [0, 0.05) is 38.1 Å². The molecule has 0 radical (unpaired) electrons. The second-order valence-corrected chi connectivity index (χ2v) is 7.41. The normalized spacial score (nSPS) is 16.5. The largest absolute Gasteiger partial charge is 0.353 e. The smallest absolute Gasteiger partial charge is 0.222 e. The minimum atomic E-state index is 0.102. The van der Waals surface area contributed by atoms with Crippen LogP contribution >= 0.6 is 0 Å². The molecular weight excluding hydrogens is 328 g/mol. The van der Waals surface area contributed by atoms with Crippen LogP contribution in [0.2, 0.25) is 0 Å². The lowest BCUT2D eigenvalue weighted by atomic mass is 10.0. The van der Waals surface area contributed by atoms with Crippen LogP contribution in [0, 0.1) is 6.92 Å². The van der Waals surface area contributed by atoms with Crippen molar-refractivity contribution in [3.05, 3.63) is 24.5 Å². The maximum Gasteiger partial charge on any atom is 0.222 e. The number of piperidine rings is 1. The van der Waals surface area contributed by atoms with Crippen molar-refractivity contribution in [2.45, 2.75) is 58.7 Å². The highest BCUT2D eigenvalue weighted by molar-refractivity contribution is 5.79. The number of rotatable bonds is 7. The molecule has 3 rings (SSSR count). The van der Waals surface area contributed by atoms with Gasteiger partial charge in [-0.15, -0.1) is 6.58 Å². The molecule has 142 valence electrons. The number of likely N-dealkylation sites (tertiary alicyclic amines) is 1. The molecular formula is C19H30N6O. The molecule has 3 heterocycles. The zero-order valence-corrected chi connectivity index (χ0v) is 16.1. The number of carbonyl (C=O) groups excluding carboxylic acids is 1. The summed E-state index contributed by atoms with van der Waals surface area (Å²) in [5.41, 5.74) is 3.03. The van der Waals surface area contributed by atoms with Crippen molar-refractivity contribution >= 4 is 16.9 Å². The summed E-state index contributed by atoms with van der Waals surface area (Å²) in [4.78, 5) is 14.7. The third-order valence-electron chi connectivity index (χ3n) is 5.05. The molecule has 26 heavy (non-hydrogen) atoms. The average molecular weight is 358 g/mol. The monoisotopic (exact) mass is 358 g/mol. The molecule has 2 aromatic rings. The quantitative estimate of drug-likeness (QED) is 0.771. The lowest BCUT2D eigenvalue weighted by Gasteiger charge is -2.31. The maximum absolute atomic E-state index is 12.3. The third-order valence-corrected chi connectivity index (χ3v) is 5.05. The molecule has 0 bridgehead atoms. The van der Waals surface area contributed by atoms with Gasteiger partial charge in [-0.1, -0.05) is 6.08 Å². The van der Waals surface area contributed by atoms with E-state index in [2.05, 4.69) is 40.8 Å². The van der Waals surface area contributed by atoms with Crippen LogP contribution in [-0.2, 0) is 11.3 Å². The van der Waals surface area contributed by atoms with Crippen LogP contribution in [0.25, 0.3) is 11.0 Å². The Balaban J connectivity index is 1.54. The Labute approximate surface area is 155 Å². The summed E-state index contributed by atoms with van der Waals surface area (Å²) >= 11 is 0. The summed E-state index contributed by atoms with van der Waals surface area (Å²) in [5.74, 6) is 0.102. The number of carbonyl (C=O) groups is 1. The fourth-order valence-electron chi connectivity index (χ4n) is 3.69. The van der Waals surface area contributed by atoms with Gasteiger partial charge in [0.25, 0.3) is 0 Å². The molecule has 1 N–H and O–H groups in total. The fourth-order valence-corrected chi connectivity index (χ4v) is 3.69. The summed E-state index contributed by atoms with van der Waals surface area (Å²) in [7, 11) is 0. The highest BCUT2D eigenvalue weighted by Crippen LogP contribution is 2.21. The zero-order valence-electron chi connectivity index (χ0n) is 16.1. The molecule has 0 spiro atoms. The van der Waals surface area contributed by atoms with Gasteiger partial charge in [-0.2, -0.15) is 10.2 Å². The SMILES string of the molecule is C=CCN1CCC(NC(=O)CCn2ncc3c2c(C)nn3C(C)C)CC1. The molecule has 0 aromatic carbocycles. The molecule has 7 heteroatoms. The van der Waals surface area contributed by atoms with Crippen LogP contribution in [0.5, 0.6) is 0 Å². The van der Waals surface area contributed by atoms with Crippen molar-refractivity contribution in [1.82, 2.24) is 29.8 Å². The van der Waals surface area contributed by atoms with Crippen LogP contribution < -0.4 is 5.32 Å². The lowest BCUT2D eigenvalue weighted by molar-refractivity contribution is -0.122. The van der Waals surface area contributed by atoms with E-state index in [1.54, 1.807) is 0 Å². The van der Waals surface area contributed by atoms with E-state index < -0.39 is 0 Å². The van der Waals surface area contributed by atoms with Crippen LogP contribution in [0.1, 0.15) is 44.8 Å². The second kappa shape index (κ2) is 8.03. The fraction of sp³-hybridized carbons (Fsp3) is 0.632. The van der Waals surface area contributed by atoms with Gasteiger partial charge in [0.2, 0.25) is 5.91 Å². The zero-order chi connectivity index (χ0) is 18.7. The minimum Gasteiger partial charge on any atom is -0.353 e. The highest BCUT2D eigenvalue weighted by Gasteiger charge is 2.20. The van der Waals surface area contributed by atoms with Gasteiger partial charge in [-0.3, -0.25) is 19.1 Å². The van der Waals surface area contributed by atoms with E-state index in [9.17, 15) is 4.79 Å². The highest BCUT2D eigenvalue weighted by atomic mass is 16.1. The topological polar surface area (TPSA) is 68.0 Å². The number of aryl methyl sites for hydroxylation is 2. The molecule has 1 amide bonds. The van der Waals surface area contributed by atoms with Gasteiger partial charge in [-0.25, -0.2) is 0 Å². The Morgan fingerprint density at radius 1 is 1.42 bits per heavy atom. The number of hydrogen-bond donors (Lipinski definition) is 1. The van der Waals surface area contributed by atoms with E-state index >= 15 is 0 Å². The molecule has 0 aliphatic carbocycles. The van der Waals surface area contributed by atoms with E-state index in [1.807, 2.05) is 28.6 Å². The Bertz CT molecular complexity index is 766. The molecule has 0 unspecified atom stereocenters. The van der Waals surface area contributed by atoms with E-state index in [1.165, 1.54) is 0 Å².